The second kappa shape index (κ2) is 14.8. The van der Waals surface area contributed by atoms with E-state index in [-0.39, 0.29) is 0 Å². The molecule has 0 aliphatic carbocycles. The third-order valence-corrected chi connectivity index (χ3v) is 9.79. The van der Waals surface area contributed by atoms with E-state index < -0.39 is 0 Å². The second-order valence-corrected chi connectivity index (χ2v) is 13.2. The number of benzene rings is 8. The van der Waals surface area contributed by atoms with E-state index in [4.69, 9.17) is 15.0 Å². The van der Waals surface area contributed by atoms with Crippen molar-refractivity contribution in [1.29, 1.82) is 0 Å². The van der Waals surface area contributed by atoms with Gasteiger partial charge in [-0.05, 0) is 73.8 Å². The number of hydrogen-bond donors (Lipinski definition) is 0. The van der Waals surface area contributed by atoms with Gasteiger partial charge < -0.3 is 0 Å². The maximum Gasteiger partial charge on any atom is 0.164 e. The number of rotatable bonds is 8. The topological polar surface area (TPSA) is 38.7 Å². The monoisotopic (exact) mass is 689 g/mol. The Balaban J connectivity index is 1.24. The molecule has 0 N–H and O–H groups in total. The van der Waals surface area contributed by atoms with Gasteiger partial charge in [-0.2, -0.15) is 0 Å². The normalized spacial score (nSPS) is 11.0. The lowest BCUT2D eigenvalue weighted by atomic mass is 9.92. The summed E-state index contributed by atoms with van der Waals surface area (Å²) < 4.78 is 0. The standard InChI is InChI=1S/C51H35N3/c1-6-16-36(17-7-1)38-26-28-42(29-27-38)49-52-50(44-31-32-45(39-20-10-3-11-21-39)47(35-44)40-22-12-4-13-23-40)54-51(53-49)46-33-30-43(37-18-8-2-9-19-37)34-48(46)41-24-14-5-15-25-41/h1-35H. The summed E-state index contributed by atoms with van der Waals surface area (Å²) >= 11 is 0. The van der Waals surface area contributed by atoms with Gasteiger partial charge in [-0.25, -0.2) is 15.0 Å². The molecular formula is C51H35N3. The molecular weight excluding hydrogens is 655 g/mol. The lowest BCUT2D eigenvalue weighted by Crippen LogP contribution is -2.02. The molecule has 3 nitrogen and oxygen atoms in total. The predicted molar refractivity (Wildman–Crippen MR) is 223 cm³/mol. The van der Waals surface area contributed by atoms with Crippen molar-refractivity contribution in [2.45, 2.75) is 0 Å². The molecule has 0 aliphatic heterocycles. The Morgan fingerprint density at radius 1 is 0.185 bits per heavy atom. The van der Waals surface area contributed by atoms with Gasteiger partial charge in [0.2, 0.25) is 0 Å². The summed E-state index contributed by atoms with van der Waals surface area (Å²) in [6.07, 6.45) is 0. The summed E-state index contributed by atoms with van der Waals surface area (Å²) in [6.45, 7) is 0. The van der Waals surface area contributed by atoms with Crippen LogP contribution in [0.2, 0.25) is 0 Å². The maximum absolute atomic E-state index is 5.27. The minimum absolute atomic E-state index is 0.616. The second-order valence-electron chi connectivity index (χ2n) is 13.2. The Kier molecular flexibility index (Phi) is 8.94. The average Bonchev–Trinajstić information content (AvgIpc) is 3.27. The summed E-state index contributed by atoms with van der Waals surface area (Å²) in [4.78, 5) is 15.7. The Hall–Kier alpha value is -7.23. The molecule has 9 aromatic rings. The summed E-state index contributed by atoms with van der Waals surface area (Å²) in [5, 5.41) is 0. The van der Waals surface area contributed by atoms with E-state index in [1.807, 2.05) is 18.2 Å². The van der Waals surface area contributed by atoms with Gasteiger partial charge in [-0.3, -0.25) is 0 Å². The zero-order chi connectivity index (χ0) is 36.1. The molecule has 0 radical (unpaired) electrons. The summed E-state index contributed by atoms with van der Waals surface area (Å²) in [6, 6.07) is 74.1. The number of hydrogen-bond acceptors (Lipinski definition) is 3. The zero-order valence-corrected chi connectivity index (χ0v) is 29.5. The molecule has 0 bridgehead atoms. The molecule has 3 heteroatoms. The van der Waals surface area contributed by atoms with Crippen LogP contribution in [0.25, 0.3) is 89.8 Å². The van der Waals surface area contributed by atoms with Crippen LogP contribution in [0.15, 0.2) is 212 Å². The van der Waals surface area contributed by atoms with Gasteiger partial charge in [0, 0.05) is 16.7 Å². The van der Waals surface area contributed by atoms with Crippen LogP contribution in [0.1, 0.15) is 0 Å². The molecule has 54 heavy (non-hydrogen) atoms. The van der Waals surface area contributed by atoms with E-state index in [1.54, 1.807) is 0 Å². The van der Waals surface area contributed by atoms with E-state index in [0.29, 0.717) is 17.5 Å². The molecule has 0 saturated heterocycles. The fourth-order valence-corrected chi connectivity index (χ4v) is 7.01. The van der Waals surface area contributed by atoms with Crippen LogP contribution in [0.3, 0.4) is 0 Å². The van der Waals surface area contributed by atoms with Crippen LogP contribution in [0.5, 0.6) is 0 Å². The van der Waals surface area contributed by atoms with Crippen LogP contribution in [0, 0.1) is 0 Å². The van der Waals surface area contributed by atoms with Gasteiger partial charge >= 0.3 is 0 Å². The Bertz CT molecular complexity index is 2660. The fourth-order valence-electron chi connectivity index (χ4n) is 7.01. The molecule has 0 atom stereocenters. The molecule has 254 valence electrons. The minimum atomic E-state index is 0.616. The Labute approximate surface area is 316 Å². The van der Waals surface area contributed by atoms with Crippen LogP contribution in [0.4, 0.5) is 0 Å². The average molecular weight is 690 g/mol. The van der Waals surface area contributed by atoms with E-state index >= 15 is 0 Å². The fraction of sp³-hybridized carbons (Fsp3) is 0. The molecule has 0 spiro atoms. The summed E-state index contributed by atoms with van der Waals surface area (Å²) in [7, 11) is 0. The summed E-state index contributed by atoms with van der Waals surface area (Å²) in [5.41, 5.74) is 14.1. The first-order valence-electron chi connectivity index (χ1n) is 18.2. The van der Waals surface area contributed by atoms with Gasteiger partial charge in [-0.15, -0.1) is 0 Å². The van der Waals surface area contributed by atoms with Crippen molar-refractivity contribution in [3.63, 3.8) is 0 Å². The third-order valence-electron chi connectivity index (χ3n) is 9.79. The molecule has 8 aromatic carbocycles. The van der Waals surface area contributed by atoms with E-state index in [9.17, 15) is 0 Å². The van der Waals surface area contributed by atoms with Gasteiger partial charge in [0.1, 0.15) is 0 Å². The molecule has 9 rings (SSSR count). The first-order valence-corrected chi connectivity index (χ1v) is 18.2. The minimum Gasteiger partial charge on any atom is -0.208 e. The summed E-state index contributed by atoms with van der Waals surface area (Å²) in [5.74, 6) is 1.85. The van der Waals surface area contributed by atoms with Crippen molar-refractivity contribution >= 4 is 0 Å². The van der Waals surface area contributed by atoms with Crippen LogP contribution in [-0.2, 0) is 0 Å². The molecule has 1 aromatic heterocycles. The van der Waals surface area contributed by atoms with Gasteiger partial charge in [0.15, 0.2) is 17.5 Å². The van der Waals surface area contributed by atoms with E-state index in [2.05, 4.69) is 194 Å². The lowest BCUT2D eigenvalue weighted by Gasteiger charge is -2.15. The van der Waals surface area contributed by atoms with Crippen LogP contribution >= 0.6 is 0 Å². The molecule has 0 saturated carbocycles. The molecule has 1 heterocycles. The predicted octanol–water partition coefficient (Wildman–Crippen LogP) is 13.2. The van der Waals surface area contributed by atoms with Crippen molar-refractivity contribution in [2.24, 2.45) is 0 Å². The highest BCUT2D eigenvalue weighted by molar-refractivity contribution is 5.88. The van der Waals surface area contributed by atoms with Gasteiger partial charge in [-0.1, -0.05) is 194 Å². The van der Waals surface area contributed by atoms with Crippen molar-refractivity contribution in [2.75, 3.05) is 0 Å². The smallest absolute Gasteiger partial charge is 0.164 e. The molecule has 0 unspecified atom stereocenters. The highest BCUT2D eigenvalue weighted by atomic mass is 15.0. The van der Waals surface area contributed by atoms with Crippen LogP contribution < -0.4 is 0 Å². The quantitative estimate of drug-likeness (QED) is 0.159. The molecule has 0 fully saturated rings. The van der Waals surface area contributed by atoms with Gasteiger partial charge in [0.05, 0.1) is 0 Å². The van der Waals surface area contributed by atoms with Gasteiger partial charge in [0.25, 0.3) is 0 Å². The molecule has 0 amide bonds. The van der Waals surface area contributed by atoms with Crippen molar-refractivity contribution in [1.82, 2.24) is 15.0 Å². The number of nitrogens with zero attached hydrogens (tertiary/aromatic N) is 3. The Morgan fingerprint density at radius 2 is 0.500 bits per heavy atom. The van der Waals surface area contributed by atoms with Crippen molar-refractivity contribution in [3.05, 3.63) is 212 Å². The van der Waals surface area contributed by atoms with Crippen molar-refractivity contribution in [3.8, 4) is 89.8 Å². The Morgan fingerprint density at radius 3 is 1.04 bits per heavy atom. The largest absolute Gasteiger partial charge is 0.208 e. The SMILES string of the molecule is c1ccc(-c2ccc(-c3nc(-c4ccc(-c5ccccc5)c(-c5ccccc5)c4)nc(-c4ccc(-c5ccccc5)cc4-c4ccccc4)n3)cc2)cc1. The maximum atomic E-state index is 5.27. The third kappa shape index (κ3) is 6.74. The van der Waals surface area contributed by atoms with E-state index in [0.717, 1.165) is 66.8 Å². The first kappa shape index (κ1) is 32.7. The first-order chi connectivity index (χ1) is 26.8. The molecule has 0 aliphatic rings. The highest BCUT2D eigenvalue weighted by Gasteiger charge is 2.18. The highest BCUT2D eigenvalue weighted by Crippen LogP contribution is 2.38. The lowest BCUT2D eigenvalue weighted by molar-refractivity contribution is 1.07. The zero-order valence-electron chi connectivity index (χ0n) is 29.5. The number of aromatic nitrogens is 3. The van der Waals surface area contributed by atoms with Crippen molar-refractivity contribution < 1.29 is 0 Å². The van der Waals surface area contributed by atoms with E-state index in [1.165, 1.54) is 5.56 Å². The van der Waals surface area contributed by atoms with Crippen LogP contribution in [-0.4, -0.2) is 15.0 Å².